The van der Waals surface area contributed by atoms with E-state index in [9.17, 15) is 9.65 Å². The predicted molar refractivity (Wildman–Crippen MR) is 92.5 cm³/mol. The third-order valence-corrected chi connectivity index (χ3v) is 4.25. The number of hydrogen-bond acceptors (Lipinski definition) is 2. The lowest BCUT2D eigenvalue weighted by molar-refractivity contribution is 0.627. The number of benzene rings is 2. The van der Waals surface area contributed by atoms with Gasteiger partial charge in [0, 0.05) is 18.8 Å². The fourth-order valence-electron chi connectivity index (χ4n) is 3.06. The summed E-state index contributed by atoms with van der Waals surface area (Å²) in [5.41, 5.74) is 4.76. The van der Waals surface area contributed by atoms with Gasteiger partial charge in [0.15, 0.2) is 0 Å². The van der Waals surface area contributed by atoms with Crippen molar-refractivity contribution >= 4 is 17.3 Å². The Morgan fingerprint density at radius 3 is 2.43 bits per heavy atom. The van der Waals surface area contributed by atoms with Crippen molar-refractivity contribution in [3.63, 3.8) is 0 Å². The highest BCUT2D eigenvalue weighted by molar-refractivity contribution is 5.89. The van der Waals surface area contributed by atoms with Crippen molar-refractivity contribution in [2.24, 2.45) is 0 Å². The van der Waals surface area contributed by atoms with E-state index in [-0.39, 0.29) is 5.82 Å². The zero-order valence-corrected chi connectivity index (χ0v) is 13.2. The normalized spacial score (nSPS) is 14.8. The predicted octanol–water partition coefficient (Wildman–Crippen LogP) is 4.80. The third-order valence-electron chi connectivity index (χ3n) is 4.25. The number of halogens is 1. The van der Waals surface area contributed by atoms with Crippen LogP contribution in [-0.2, 0) is 0 Å². The number of hydrogen-bond donors (Lipinski definition) is 0. The van der Waals surface area contributed by atoms with Gasteiger partial charge in [-0.05, 0) is 66.8 Å². The van der Waals surface area contributed by atoms with Gasteiger partial charge in [-0.25, -0.2) is 4.39 Å². The first-order chi connectivity index (χ1) is 11.2. The van der Waals surface area contributed by atoms with E-state index in [0.29, 0.717) is 5.57 Å². The second kappa shape index (κ2) is 6.66. The molecule has 0 unspecified atom stereocenters. The summed E-state index contributed by atoms with van der Waals surface area (Å²) in [4.78, 5) is 2.41. The zero-order chi connectivity index (χ0) is 16.2. The molecule has 3 rings (SSSR count). The van der Waals surface area contributed by atoms with Crippen molar-refractivity contribution in [2.75, 3.05) is 18.0 Å². The minimum atomic E-state index is -0.295. The Kier molecular flexibility index (Phi) is 4.43. The fraction of sp³-hybridized carbons (Fsp3) is 0.250. The van der Waals surface area contributed by atoms with Gasteiger partial charge in [-0.2, -0.15) is 5.26 Å². The first-order valence-corrected chi connectivity index (χ1v) is 7.91. The van der Waals surface area contributed by atoms with Gasteiger partial charge in [0.25, 0.3) is 0 Å². The molecule has 0 atom stereocenters. The molecular formula is C20H19FN2. The molecular weight excluding hydrogens is 287 g/mol. The number of rotatable bonds is 3. The summed E-state index contributed by atoms with van der Waals surface area (Å²) < 4.78 is 13.0. The van der Waals surface area contributed by atoms with Crippen molar-refractivity contribution in [1.29, 1.82) is 5.26 Å². The van der Waals surface area contributed by atoms with E-state index < -0.39 is 0 Å². The van der Waals surface area contributed by atoms with Crippen molar-refractivity contribution in [3.8, 4) is 6.07 Å². The highest BCUT2D eigenvalue weighted by atomic mass is 19.1. The lowest BCUT2D eigenvalue weighted by Gasteiger charge is -2.20. The molecule has 1 aliphatic rings. The summed E-state index contributed by atoms with van der Waals surface area (Å²) in [7, 11) is 0. The summed E-state index contributed by atoms with van der Waals surface area (Å²) in [6.45, 7) is 4.35. The first-order valence-electron chi connectivity index (χ1n) is 7.91. The molecule has 0 aromatic heterocycles. The van der Waals surface area contributed by atoms with Crippen LogP contribution < -0.4 is 4.90 Å². The molecule has 2 aromatic rings. The summed E-state index contributed by atoms with van der Waals surface area (Å²) in [5.74, 6) is -0.295. The average molecular weight is 306 g/mol. The van der Waals surface area contributed by atoms with Crippen LogP contribution in [0.3, 0.4) is 0 Å². The third kappa shape index (κ3) is 3.43. The minimum Gasteiger partial charge on any atom is -0.371 e. The Morgan fingerprint density at radius 1 is 1.13 bits per heavy atom. The number of nitriles is 1. The smallest absolute Gasteiger partial charge is 0.123 e. The Balaban J connectivity index is 1.90. The van der Waals surface area contributed by atoms with Crippen LogP contribution in [0.2, 0.25) is 0 Å². The standard InChI is InChI=1S/C20H19FN2/c1-15-12-16(4-9-20(15)23-10-2-3-11-23)13-18(14-22)17-5-7-19(21)8-6-17/h4-9,12-13H,2-3,10-11H2,1H3. The lowest BCUT2D eigenvalue weighted by atomic mass is 10.0. The Hall–Kier alpha value is -2.60. The second-order valence-electron chi connectivity index (χ2n) is 5.92. The highest BCUT2D eigenvalue weighted by Crippen LogP contribution is 2.26. The van der Waals surface area contributed by atoms with Crippen LogP contribution in [0.4, 0.5) is 10.1 Å². The van der Waals surface area contributed by atoms with Gasteiger partial charge >= 0.3 is 0 Å². The topological polar surface area (TPSA) is 27.0 Å². The molecule has 0 bridgehead atoms. The molecule has 0 amide bonds. The largest absolute Gasteiger partial charge is 0.371 e. The van der Waals surface area contributed by atoms with E-state index >= 15 is 0 Å². The van der Waals surface area contributed by atoms with Crippen molar-refractivity contribution in [2.45, 2.75) is 19.8 Å². The quantitative estimate of drug-likeness (QED) is 0.601. The molecule has 116 valence electrons. The Morgan fingerprint density at radius 2 is 1.83 bits per heavy atom. The molecule has 0 radical (unpaired) electrons. The molecule has 3 heteroatoms. The average Bonchev–Trinajstić information content (AvgIpc) is 3.08. The maximum absolute atomic E-state index is 13.0. The minimum absolute atomic E-state index is 0.295. The van der Waals surface area contributed by atoms with Crippen molar-refractivity contribution < 1.29 is 4.39 Å². The van der Waals surface area contributed by atoms with Gasteiger partial charge < -0.3 is 4.90 Å². The lowest BCUT2D eigenvalue weighted by Crippen LogP contribution is -2.18. The maximum atomic E-state index is 13.0. The van der Waals surface area contributed by atoms with E-state index in [4.69, 9.17) is 0 Å². The molecule has 2 nitrogen and oxygen atoms in total. The Bertz CT molecular complexity index is 763. The molecule has 1 fully saturated rings. The van der Waals surface area contributed by atoms with E-state index in [1.807, 2.05) is 12.1 Å². The van der Waals surface area contributed by atoms with Gasteiger partial charge in [0.2, 0.25) is 0 Å². The van der Waals surface area contributed by atoms with Crippen molar-refractivity contribution in [3.05, 3.63) is 65.0 Å². The van der Waals surface area contributed by atoms with E-state index in [0.717, 1.165) is 24.2 Å². The van der Waals surface area contributed by atoms with Gasteiger partial charge in [0.05, 0.1) is 11.6 Å². The molecule has 23 heavy (non-hydrogen) atoms. The van der Waals surface area contributed by atoms with Crippen LogP contribution in [0.15, 0.2) is 42.5 Å². The van der Waals surface area contributed by atoms with Gasteiger partial charge in [-0.1, -0.05) is 18.2 Å². The number of nitrogens with zero attached hydrogens (tertiary/aromatic N) is 2. The van der Waals surface area contributed by atoms with Crippen LogP contribution in [0, 0.1) is 24.1 Å². The van der Waals surface area contributed by atoms with Crippen LogP contribution in [0.1, 0.15) is 29.5 Å². The molecule has 1 aliphatic heterocycles. The van der Waals surface area contributed by atoms with Gasteiger partial charge in [0.1, 0.15) is 5.82 Å². The highest BCUT2D eigenvalue weighted by Gasteiger charge is 2.14. The number of anilines is 1. The number of aryl methyl sites for hydroxylation is 1. The van der Waals surface area contributed by atoms with Gasteiger partial charge in [-0.3, -0.25) is 0 Å². The van der Waals surface area contributed by atoms with Crippen LogP contribution in [0.25, 0.3) is 11.6 Å². The molecule has 0 N–H and O–H groups in total. The molecule has 2 aromatic carbocycles. The van der Waals surface area contributed by atoms with Crippen LogP contribution in [-0.4, -0.2) is 13.1 Å². The van der Waals surface area contributed by atoms with Crippen LogP contribution in [0.5, 0.6) is 0 Å². The molecule has 0 saturated carbocycles. The first kappa shape index (κ1) is 15.3. The molecule has 0 spiro atoms. The fourth-order valence-corrected chi connectivity index (χ4v) is 3.06. The van der Waals surface area contributed by atoms with Gasteiger partial charge in [-0.15, -0.1) is 0 Å². The van der Waals surface area contributed by atoms with Crippen molar-refractivity contribution in [1.82, 2.24) is 0 Å². The molecule has 0 aliphatic carbocycles. The summed E-state index contributed by atoms with van der Waals surface area (Å²) in [6.07, 6.45) is 4.36. The van der Waals surface area contributed by atoms with E-state index in [1.165, 1.54) is 36.2 Å². The van der Waals surface area contributed by atoms with E-state index in [1.54, 1.807) is 12.1 Å². The maximum Gasteiger partial charge on any atom is 0.123 e. The summed E-state index contributed by atoms with van der Waals surface area (Å²) >= 11 is 0. The SMILES string of the molecule is Cc1cc(C=C(C#N)c2ccc(F)cc2)ccc1N1CCCC1. The monoisotopic (exact) mass is 306 g/mol. The Labute approximate surface area is 136 Å². The van der Waals surface area contributed by atoms with Crippen LogP contribution >= 0.6 is 0 Å². The summed E-state index contributed by atoms with van der Waals surface area (Å²) in [5, 5.41) is 9.39. The van der Waals surface area contributed by atoms with E-state index in [2.05, 4.69) is 30.0 Å². The zero-order valence-electron chi connectivity index (χ0n) is 13.2. The summed E-state index contributed by atoms with van der Waals surface area (Å²) in [6, 6.07) is 14.5. The molecule has 1 heterocycles. The second-order valence-corrected chi connectivity index (χ2v) is 5.92. The number of allylic oxidation sites excluding steroid dienone is 1. The molecule has 1 saturated heterocycles.